The molecule has 4 aromatic carbocycles. The van der Waals surface area contributed by atoms with Crippen molar-refractivity contribution in [3.63, 3.8) is 0 Å². The molecule has 582 valence electrons. The zero-order chi connectivity index (χ0) is 81.2. The predicted octanol–water partition coefficient (Wildman–Crippen LogP) is 19.5. The Labute approximate surface area is 641 Å². The van der Waals surface area contributed by atoms with Crippen molar-refractivity contribution in [1.29, 1.82) is 10.5 Å². The van der Waals surface area contributed by atoms with Crippen LogP contribution in [-0.4, -0.2) is 80.6 Å². The maximum absolute atomic E-state index is 13.5. The Morgan fingerprint density at radius 3 is 1.34 bits per heavy atom. The topological polar surface area (TPSA) is 225 Å². The molecule has 0 bridgehead atoms. The summed E-state index contributed by atoms with van der Waals surface area (Å²) in [5.74, 6) is 0.878. The van der Waals surface area contributed by atoms with E-state index in [2.05, 4.69) is 52.4 Å². The van der Waals surface area contributed by atoms with Gasteiger partial charge in [-0.15, -0.1) is 0 Å². The van der Waals surface area contributed by atoms with Crippen molar-refractivity contribution >= 4 is 17.3 Å². The van der Waals surface area contributed by atoms with Gasteiger partial charge in [-0.05, 0) is 94.3 Å². The van der Waals surface area contributed by atoms with Crippen molar-refractivity contribution in [2.45, 2.75) is 192 Å². The molecule has 13 atom stereocenters. The van der Waals surface area contributed by atoms with Crippen LogP contribution in [0.1, 0.15) is 177 Å². The van der Waals surface area contributed by atoms with Crippen LogP contribution in [0.3, 0.4) is 0 Å². The standard InChI is InChI=1S/2C22H22F3N3O.C22H20F3N3O.C20H21NO3.2H2/c1-13-17-9-8-16-18(14-6-4-3-5-7-14)27-28(12-22(23,24)25)20(16)21(17,2)10-15-11-26-29-19(13)15;2*1-13-17-9-8-16-18(14-6-4-3-5-7-14)27-28(12-22(23,24)25)20(16)21(17,2)10-15(11-26)19(13)29;1-12-16-9-8-15(17(22)13-6-4-3-5-7-13)19(23)20(16,2)10-14-11-21-24-18(12)14;;/h3-7,11,13,17H,8-10,12H2,1-2H3;3-7,13,17,29H,8-10,12H2,1-2H3;3-7,10,13,17H,8-9,12H2,1-2H3;3-7,11-12,15-16H,8-10H2,1-2H3;2*1H/t3*13-,17-,21-;12-,15?,16-,20-;;/m1111../s1/i;;;;1+2T;1+2. The Morgan fingerprint density at radius 1 is 0.523 bits per heavy atom. The van der Waals surface area contributed by atoms with Crippen LogP contribution in [0.15, 0.2) is 166 Å². The van der Waals surface area contributed by atoms with Crippen LogP contribution in [-0.2, 0) is 77.6 Å². The first kappa shape index (κ1) is 76.0. The molecule has 0 radical (unpaired) electrons. The van der Waals surface area contributed by atoms with Gasteiger partial charge in [0.2, 0.25) is 0 Å². The van der Waals surface area contributed by atoms with Crippen LogP contribution in [0.4, 0.5) is 39.5 Å². The first-order chi connectivity index (χ1) is 53.6. The van der Waals surface area contributed by atoms with Gasteiger partial charge in [0.05, 0.1) is 58.3 Å². The first-order valence-corrected chi connectivity index (χ1v) is 37.8. The average molecular weight is 1540 g/mol. The zero-order valence-electron chi connectivity index (χ0n) is 64.7. The number of carbonyl (C=O) groups is 3. The van der Waals surface area contributed by atoms with Crippen LogP contribution in [0, 0.1) is 69.5 Å². The lowest BCUT2D eigenvalue weighted by Crippen LogP contribution is -2.51. The van der Waals surface area contributed by atoms with Crippen molar-refractivity contribution in [3.05, 3.63) is 219 Å². The molecular formula is C86H89F9N10O6. The molecule has 5 aromatic heterocycles. The highest BCUT2D eigenvalue weighted by Crippen LogP contribution is 2.59. The number of allylic oxidation sites excluding steroid dienone is 4. The van der Waals surface area contributed by atoms with Gasteiger partial charge in [-0.1, -0.05) is 193 Å². The summed E-state index contributed by atoms with van der Waals surface area (Å²) < 4.78 is 145. The molecule has 25 heteroatoms. The maximum atomic E-state index is 13.5. The second-order valence-electron chi connectivity index (χ2n) is 32.4. The van der Waals surface area contributed by atoms with E-state index in [1.807, 2.05) is 143 Å². The van der Waals surface area contributed by atoms with Gasteiger partial charge in [-0.2, -0.15) is 65.3 Å². The summed E-state index contributed by atoms with van der Waals surface area (Å²) in [6.07, 6.45) is -1.09. The van der Waals surface area contributed by atoms with Crippen molar-refractivity contribution in [2.75, 3.05) is 0 Å². The van der Waals surface area contributed by atoms with E-state index in [9.17, 15) is 69.5 Å². The Balaban J connectivity index is 0.000000139. The molecule has 16 nitrogen and oxygen atoms in total. The molecular weight excluding hydrogens is 1440 g/mol. The second-order valence-corrected chi connectivity index (χ2v) is 32.4. The van der Waals surface area contributed by atoms with Crippen LogP contribution in [0.25, 0.3) is 33.8 Å². The summed E-state index contributed by atoms with van der Waals surface area (Å²) in [6.45, 7) is 12.2. The van der Waals surface area contributed by atoms with Gasteiger partial charge < -0.3 is 14.2 Å². The number of fused-ring (bicyclic) bond motifs is 12. The van der Waals surface area contributed by atoms with Crippen molar-refractivity contribution in [1.82, 2.24) is 39.7 Å². The number of benzene rings is 4. The summed E-state index contributed by atoms with van der Waals surface area (Å²) in [7, 11) is 0. The number of alkyl halides is 9. The minimum atomic E-state index is -4.44. The van der Waals surface area contributed by atoms with Gasteiger partial charge >= 0.3 is 18.5 Å². The molecule has 1 unspecified atom stereocenters. The van der Waals surface area contributed by atoms with E-state index in [-0.39, 0.29) is 83.5 Å². The monoisotopic (exact) mass is 1530 g/mol. The number of nitrogens with zero attached hydrogens (tertiary/aromatic N) is 10. The fourth-order valence-corrected chi connectivity index (χ4v) is 20.8. The molecule has 0 aliphatic heterocycles. The fraction of sp³-hybridized carbons (Fsp3) is 0.442. The SMILES string of the molecule is C[C@H]1C(=O)C(C#N)=C[C@@]2(C)c3c(c(-c4ccccc4)nn3CC(F)(F)F)CC[C@H]12.C[C@H]1C(O)=C(C#N)C[C@@]2(C)c3c(c(-c4ccccc4)nn3CC(F)(F)F)CC[C@H]12.C[C@H]1c2oncc2C[C@@]2(C)C(=O)C(C(=O)c3ccccc3)CC[C@H]12.C[C@H]1c2oncc2C[C@@]2(C)c3c(c(-c4ccccc4)nn3CC(F)(F)F)CC[C@H]12.[3HH].[3H][3H]. The highest BCUT2D eigenvalue weighted by Gasteiger charge is 2.58. The Morgan fingerprint density at radius 2 is 0.910 bits per heavy atom. The highest BCUT2D eigenvalue weighted by molar-refractivity contribution is 6.12. The van der Waals surface area contributed by atoms with Crippen molar-refractivity contribution < 1.29 is 72.4 Å². The number of hydrogen-bond acceptors (Lipinski definition) is 13. The molecule has 1 saturated carbocycles. The largest absolute Gasteiger partial charge is 0.511 e. The van der Waals surface area contributed by atoms with Crippen LogP contribution >= 0.6 is 0 Å². The van der Waals surface area contributed by atoms with E-state index in [4.69, 9.17) is 12.0 Å². The second kappa shape index (κ2) is 29.0. The van der Waals surface area contributed by atoms with Gasteiger partial charge in [0.15, 0.2) is 11.6 Å². The van der Waals surface area contributed by atoms with Gasteiger partial charge in [-0.25, -0.2) is 0 Å². The van der Waals surface area contributed by atoms with Gasteiger partial charge in [-0.3, -0.25) is 28.4 Å². The van der Waals surface area contributed by atoms with Crippen LogP contribution in [0.5, 0.6) is 0 Å². The first-order valence-electron chi connectivity index (χ1n) is 38.8. The Hall–Kier alpha value is -10.4. The smallest absolute Gasteiger partial charge is 0.408 e. The Kier molecular flexibility index (Phi) is 19.9. The summed E-state index contributed by atoms with van der Waals surface area (Å²) in [4.78, 5) is 38.7. The molecule has 111 heavy (non-hydrogen) atoms. The summed E-state index contributed by atoms with van der Waals surface area (Å²) >= 11 is 0. The van der Waals surface area contributed by atoms with Crippen LogP contribution < -0.4 is 0 Å². The highest BCUT2D eigenvalue weighted by atomic mass is 19.4. The molecule has 1 fully saturated rings. The summed E-state index contributed by atoms with van der Waals surface area (Å²) in [5.41, 5.74) is 8.89. The molecule has 9 aromatic rings. The number of aromatic nitrogens is 8. The van der Waals surface area contributed by atoms with Gasteiger partial charge in [0.25, 0.3) is 0 Å². The van der Waals surface area contributed by atoms with Crippen molar-refractivity contribution in [3.8, 4) is 45.9 Å². The quantitative estimate of drug-likeness (QED) is 0.0850. The van der Waals surface area contributed by atoms with E-state index >= 15 is 0 Å². The number of Topliss-reactive ketones (excluding diaryl/α,β-unsaturated/α-hetero) is 3. The summed E-state index contributed by atoms with van der Waals surface area (Å²) in [5, 5.41) is 50.5. The number of rotatable bonds is 8. The minimum Gasteiger partial charge on any atom is -0.511 e. The molecule has 1 N–H and O–H groups in total. The van der Waals surface area contributed by atoms with E-state index in [1.165, 1.54) is 4.68 Å². The number of halogens is 9. The van der Waals surface area contributed by atoms with Crippen molar-refractivity contribution in [2.24, 2.45) is 46.8 Å². The Bertz CT molecular complexity index is 5210. The average Bonchev–Trinajstić information content (AvgIpc) is 1.44. The fourth-order valence-electron chi connectivity index (χ4n) is 20.8. The third-order valence-corrected chi connectivity index (χ3v) is 25.6. The predicted molar refractivity (Wildman–Crippen MR) is 397 cm³/mol. The summed E-state index contributed by atoms with van der Waals surface area (Å²) in [6, 6.07) is 41.1. The molecule has 17 rings (SSSR count). The third-order valence-electron chi connectivity index (χ3n) is 25.6. The molecule has 8 aliphatic rings. The lowest BCUT2D eigenvalue weighted by atomic mass is 9.53. The van der Waals surface area contributed by atoms with E-state index in [0.29, 0.717) is 79.0 Å². The molecule has 0 saturated heterocycles. The van der Waals surface area contributed by atoms with Gasteiger partial charge in [0.1, 0.15) is 48.8 Å². The van der Waals surface area contributed by atoms with Crippen LogP contribution in [0.2, 0.25) is 0 Å². The lowest BCUT2D eigenvalue weighted by Gasteiger charge is -2.48. The van der Waals surface area contributed by atoms with E-state index in [1.54, 1.807) is 37.5 Å². The minimum absolute atomic E-state index is 0. The third kappa shape index (κ3) is 14.0. The molecule has 0 spiro atoms. The van der Waals surface area contributed by atoms with E-state index in [0.717, 1.165) is 90.3 Å². The maximum Gasteiger partial charge on any atom is 0.408 e. The molecule has 0 amide bonds. The van der Waals surface area contributed by atoms with Gasteiger partial charge in [0, 0.05) is 111 Å². The number of carbonyl (C=O) groups excluding carboxylic acids is 3. The number of aliphatic hydroxyl groups is 1. The lowest BCUT2D eigenvalue weighted by molar-refractivity contribution is -0.144. The molecule has 8 aliphatic carbocycles. The van der Waals surface area contributed by atoms with E-state index < -0.39 is 71.7 Å². The number of nitriles is 2. The number of hydrogen-bond donors (Lipinski definition) is 1. The molecule has 5 heterocycles. The number of aliphatic hydroxyl groups excluding tert-OH is 1. The normalized spacial score (nSPS) is 27.6. The zero-order valence-corrected chi connectivity index (χ0v) is 62.7. The number of ketones is 3.